The smallest absolute Gasteiger partial charge is 0.123 e. The number of nitrogens with two attached hydrogens (primary N) is 3. The van der Waals surface area contributed by atoms with Crippen LogP contribution < -0.4 is 17.2 Å². The predicted octanol–water partition coefficient (Wildman–Crippen LogP) is 4.74. The molecule has 0 fully saturated rings. The lowest BCUT2D eigenvalue weighted by atomic mass is 10.1. The van der Waals surface area contributed by atoms with Gasteiger partial charge in [0.1, 0.15) is 10.0 Å². The Morgan fingerprint density at radius 1 is 0.633 bits per heavy atom. The van der Waals surface area contributed by atoms with Crippen molar-refractivity contribution >= 4 is 34.3 Å². The lowest BCUT2D eigenvalue weighted by Gasteiger charge is -1.98. The summed E-state index contributed by atoms with van der Waals surface area (Å²) in [7, 11) is 0. The van der Waals surface area contributed by atoms with Crippen molar-refractivity contribution in [1.82, 2.24) is 9.97 Å². The molecule has 156 valence electrons. The summed E-state index contributed by atoms with van der Waals surface area (Å²) >= 11 is 8.94. The van der Waals surface area contributed by atoms with Gasteiger partial charge in [-0.1, -0.05) is 48.5 Å². The number of thiazole rings is 2. The Morgan fingerprint density at radius 3 is 1.40 bits per heavy atom. The monoisotopic (exact) mass is 457 g/mol. The molecule has 0 saturated carbocycles. The van der Waals surface area contributed by atoms with Gasteiger partial charge in [0.05, 0.1) is 17.3 Å². The van der Waals surface area contributed by atoms with Gasteiger partial charge in [-0.05, 0) is 11.1 Å². The topological polar surface area (TPSA) is 104 Å². The number of hydrogen-bond donors (Lipinski definition) is 3. The first-order chi connectivity index (χ1) is 14.7. The second-order valence-electron chi connectivity index (χ2n) is 6.43. The van der Waals surface area contributed by atoms with Gasteiger partial charge in [0.2, 0.25) is 0 Å². The van der Waals surface area contributed by atoms with E-state index in [9.17, 15) is 0 Å². The summed E-state index contributed by atoms with van der Waals surface area (Å²) in [5, 5.41) is 6.00. The van der Waals surface area contributed by atoms with Gasteiger partial charge in [0.15, 0.2) is 0 Å². The van der Waals surface area contributed by atoms with E-state index in [4.69, 9.17) is 28.8 Å². The second kappa shape index (κ2) is 11.3. The average Bonchev–Trinajstić information content (AvgIpc) is 3.49. The Kier molecular flexibility index (Phi) is 8.50. The fourth-order valence-electron chi connectivity index (χ4n) is 2.60. The van der Waals surface area contributed by atoms with Crippen LogP contribution in [0.3, 0.4) is 0 Å². The van der Waals surface area contributed by atoms with E-state index in [1.165, 1.54) is 0 Å². The van der Waals surface area contributed by atoms with Gasteiger partial charge in [0.25, 0.3) is 0 Å². The largest absolute Gasteiger partial charge is 0.326 e. The number of hydrogen-bond acceptors (Lipinski definition) is 7. The van der Waals surface area contributed by atoms with Crippen molar-refractivity contribution in [3.63, 3.8) is 0 Å². The molecule has 0 radical (unpaired) electrons. The molecule has 0 atom stereocenters. The van der Waals surface area contributed by atoms with Crippen LogP contribution in [-0.2, 0) is 25.5 Å². The summed E-state index contributed by atoms with van der Waals surface area (Å²) in [6.07, 6.45) is 0. The van der Waals surface area contributed by atoms with E-state index in [1.807, 2.05) is 59.3 Å². The number of rotatable bonds is 6. The van der Waals surface area contributed by atoms with Crippen molar-refractivity contribution in [3.05, 3.63) is 81.8 Å². The van der Waals surface area contributed by atoms with Crippen LogP contribution in [0.5, 0.6) is 0 Å². The maximum Gasteiger partial charge on any atom is 0.123 e. The molecule has 0 aliphatic carbocycles. The number of alkyl halides is 1. The van der Waals surface area contributed by atoms with Gasteiger partial charge in [0, 0.05) is 41.5 Å². The van der Waals surface area contributed by atoms with Crippen LogP contribution >= 0.6 is 34.3 Å². The number of nitrogens with zero attached hydrogens (tertiary/aromatic N) is 2. The molecule has 0 unspecified atom stereocenters. The van der Waals surface area contributed by atoms with Crippen LogP contribution in [0.2, 0.25) is 0 Å². The van der Waals surface area contributed by atoms with Crippen LogP contribution in [0.4, 0.5) is 0 Å². The predicted molar refractivity (Wildman–Crippen MR) is 128 cm³/mol. The van der Waals surface area contributed by atoms with Crippen molar-refractivity contribution in [2.45, 2.75) is 25.5 Å². The van der Waals surface area contributed by atoms with Gasteiger partial charge in [-0.3, -0.25) is 0 Å². The molecular weight excluding hydrogens is 434 g/mol. The zero-order chi connectivity index (χ0) is 21.3. The lowest BCUT2D eigenvalue weighted by Crippen LogP contribution is -1.96. The van der Waals surface area contributed by atoms with E-state index < -0.39 is 0 Å². The summed E-state index contributed by atoms with van der Waals surface area (Å²) in [4.78, 5) is 8.83. The lowest BCUT2D eigenvalue weighted by molar-refractivity contribution is 1.01. The van der Waals surface area contributed by atoms with Gasteiger partial charge < -0.3 is 17.2 Å². The maximum atomic E-state index is 5.70. The first-order valence-corrected chi connectivity index (χ1v) is 11.7. The molecule has 6 N–H and O–H groups in total. The van der Waals surface area contributed by atoms with Crippen LogP contribution in [0.1, 0.15) is 22.5 Å². The van der Waals surface area contributed by atoms with Crippen molar-refractivity contribution in [2.75, 3.05) is 0 Å². The first-order valence-electron chi connectivity index (χ1n) is 9.40. The molecule has 0 amide bonds. The van der Waals surface area contributed by atoms with E-state index in [-0.39, 0.29) is 0 Å². The van der Waals surface area contributed by atoms with Crippen molar-refractivity contribution in [3.8, 4) is 21.1 Å². The normalized spacial score (nSPS) is 10.5. The van der Waals surface area contributed by atoms with Crippen molar-refractivity contribution < 1.29 is 0 Å². The molecule has 0 aliphatic heterocycles. The number of benzene rings is 2. The molecule has 2 aromatic heterocycles. The first kappa shape index (κ1) is 22.6. The Hall–Kier alpha value is -2.13. The molecule has 4 rings (SSSR count). The Labute approximate surface area is 189 Å². The average molecular weight is 458 g/mol. The van der Waals surface area contributed by atoms with E-state index in [0.29, 0.717) is 25.5 Å². The van der Waals surface area contributed by atoms with Gasteiger partial charge >= 0.3 is 0 Å². The minimum atomic E-state index is 0.470. The van der Waals surface area contributed by atoms with Crippen LogP contribution in [0, 0.1) is 0 Å². The highest BCUT2D eigenvalue weighted by Crippen LogP contribution is 2.25. The van der Waals surface area contributed by atoms with E-state index >= 15 is 0 Å². The van der Waals surface area contributed by atoms with E-state index in [1.54, 1.807) is 22.7 Å². The molecule has 0 aliphatic rings. The summed E-state index contributed by atoms with van der Waals surface area (Å²) in [6, 6.07) is 16.3. The molecule has 2 heterocycles. The van der Waals surface area contributed by atoms with Gasteiger partial charge in [-0.2, -0.15) is 0 Å². The van der Waals surface area contributed by atoms with E-state index in [0.717, 1.165) is 43.7 Å². The fourth-order valence-corrected chi connectivity index (χ4v) is 4.49. The van der Waals surface area contributed by atoms with Crippen LogP contribution in [0.15, 0.2) is 59.3 Å². The van der Waals surface area contributed by atoms with Gasteiger partial charge in [-0.25, -0.2) is 9.97 Å². The molecule has 0 bridgehead atoms. The maximum absolute atomic E-state index is 5.70. The summed E-state index contributed by atoms with van der Waals surface area (Å²) in [5.41, 5.74) is 23.0. The SMILES string of the molecule is NCc1ccc(-c2nc(CCl)cs2)cc1.NCc1ccc(-c2nc(CN)cs2)cc1. The highest BCUT2D eigenvalue weighted by molar-refractivity contribution is 7.13. The molecule has 2 aromatic carbocycles. The Morgan fingerprint density at radius 2 is 1.07 bits per heavy atom. The highest BCUT2D eigenvalue weighted by atomic mass is 35.5. The van der Waals surface area contributed by atoms with Gasteiger partial charge in [-0.15, -0.1) is 34.3 Å². The Bertz CT molecular complexity index is 956. The third-order valence-electron chi connectivity index (χ3n) is 4.32. The van der Waals surface area contributed by atoms with Crippen LogP contribution in [0.25, 0.3) is 21.1 Å². The quantitative estimate of drug-likeness (QED) is 0.363. The fraction of sp³-hybridized carbons (Fsp3) is 0.182. The second-order valence-corrected chi connectivity index (χ2v) is 8.41. The van der Waals surface area contributed by atoms with Crippen molar-refractivity contribution in [2.24, 2.45) is 17.2 Å². The highest BCUT2D eigenvalue weighted by Gasteiger charge is 2.04. The molecule has 4 aromatic rings. The van der Waals surface area contributed by atoms with Crippen molar-refractivity contribution in [1.29, 1.82) is 0 Å². The molecular formula is C22H24ClN5S2. The number of halogens is 1. The minimum Gasteiger partial charge on any atom is -0.326 e. The zero-order valence-electron chi connectivity index (χ0n) is 16.4. The third-order valence-corrected chi connectivity index (χ3v) is 6.48. The minimum absolute atomic E-state index is 0.470. The number of aromatic nitrogens is 2. The molecule has 5 nitrogen and oxygen atoms in total. The summed E-state index contributed by atoms with van der Waals surface area (Å²) < 4.78 is 0. The zero-order valence-corrected chi connectivity index (χ0v) is 18.8. The van der Waals surface area contributed by atoms with Crippen LogP contribution in [-0.4, -0.2) is 9.97 Å². The Balaban J connectivity index is 0.000000171. The third kappa shape index (κ3) is 5.95. The molecule has 8 heteroatoms. The summed E-state index contributed by atoms with van der Waals surface area (Å²) in [5.74, 6) is 0.470. The molecule has 0 saturated heterocycles. The van der Waals surface area contributed by atoms with E-state index in [2.05, 4.69) is 9.97 Å². The molecule has 0 spiro atoms. The summed E-state index contributed by atoms with van der Waals surface area (Å²) in [6.45, 7) is 1.65. The standard InChI is InChI=1S/C11H11ClN2S.C11H13N3S/c12-5-10-7-15-11(14-10)9-3-1-8(6-13)2-4-9;12-5-8-1-3-9(4-2-8)11-14-10(6-13)7-15-11/h1-4,7H,5-6,13H2;1-4,7H,5-6,12-13H2. The molecule has 30 heavy (non-hydrogen) atoms.